The molecule has 2 aromatic rings. The van der Waals surface area contributed by atoms with Gasteiger partial charge in [-0.25, -0.2) is 4.68 Å². The minimum absolute atomic E-state index is 0.0243. The number of hydrogen-bond donors (Lipinski definition) is 1. The van der Waals surface area contributed by atoms with Crippen molar-refractivity contribution in [1.29, 1.82) is 0 Å². The summed E-state index contributed by atoms with van der Waals surface area (Å²) in [6, 6.07) is 12.5. The third kappa shape index (κ3) is 3.47. The fourth-order valence-electron chi connectivity index (χ4n) is 2.22. The van der Waals surface area contributed by atoms with Gasteiger partial charge in [0.15, 0.2) is 0 Å². The average Bonchev–Trinajstić information content (AvgIpc) is 3.26. The van der Waals surface area contributed by atoms with E-state index in [2.05, 4.69) is 22.5 Å². The molecule has 4 nitrogen and oxygen atoms in total. The smallest absolute Gasteiger partial charge is 0.268 e. The second kappa shape index (κ2) is 5.90. The summed E-state index contributed by atoms with van der Waals surface area (Å²) < 4.78 is 1.54. The van der Waals surface area contributed by atoms with Crippen molar-refractivity contribution >= 4 is 5.69 Å². The Labute approximate surface area is 118 Å². The molecule has 1 aromatic heterocycles. The van der Waals surface area contributed by atoms with Crippen molar-refractivity contribution in [2.45, 2.75) is 38.3 Å². The Hall–Kier alpha value is -2.10. The van der Waals surface area contributed by atoms with Crippen LogP contribution >= 0.6 is 0 Å². The van der Waals surface area contributed by atoms with E-state index < -0.39 is 0 Å². The highest BCUT2D eigenvalue weighted by Crippen LogP contribution is 2.23. The van der Waals surface area contributed by atoms with Crippen LogP contribution in [0.4, 0.5) is 5.69 Å². The molecule has 0 spiro atoms. The summed E-state index contributed by atoms with van der Waals surface area (Å²) >= 11 is 0. The zero-order valence-electron chi connectivity index (χ0n) is 11.5. The third-order valence-electron chi connectivity index (χ3n) is 3.50. The molecule has 3 rings (SSSR count). The van der Waals surface area contributed by atoms with Crippen LogP contribution in [0, 0.1) is 0 Å². The van der Waals surface area contributed by atoms with Gasteiger partial charge in [0, 0.05) is 18.7 Å². The Balaban J connectivity index is 1.55. The summed E-state index contributed by atoms with van der Waals surface area (Å²) in [5.74, 6) is 0. The quantitative estimate of drug-likeness (QED) is 0.876. The molecule has 0 unspecified atom stereocenters. The largest absolute Gasteiger partial charge is 0.381 e. The monoisotopic (exact) mass is 269 g/mol. The number of nitrogens with zero attached hydrogens (tertiary/aromatic N) is 2. The van der Waals surface area contributed by atoms with Crippen LogP contribution in [0.15, 0.2) is 47.4 Å². The molecule has 0 bridgehead atoms. The van der Waals surface area contributed by atoms with Gasteiger partial charge in [0.25, 0.3) is 5.56 Å². The lowest BCUT2D eigenvalue weighted by atomic mass is 10.1. The number of anilines is 1. The molecule has 0 saturated heterocycles. The van der Waals surface area contributed by atoms with Gasteiger partial charge in [-0.15, -0.1) is 0 Å². The summed E-state index contributed by atoms with van der Waals surface area (Å²) in [4.78, 5) is 11.9. The highest BCUT2D eigenvalue weighted by atomic mass is 16.1. The van der Waals surface area contributed by atoms with Gasteiger partial charge < -0.3 is 5.32 Å². The van der Waals surface area contributed by atoms with Gasteiger partial charge in [-0.05, 0) is 31.2 Å². The molecule has 1 aromatic carbocycles. The van der Waals surface area contributed by atoms with Crippen molar-refractivity contribution in [3.8, 4) is 0 Å². The minimum atomic E-state index is -0.0243. The number of nitrogens with one attached hydrogen (secondary N) is 1. The summed E-state index contributed by atoms with van der Waals surface area (Å²) in [7, 11) is 0. The predicted octanol–water partition coefficient (Wildman–Crippen LogP) is 2.45. The minimum Gasteiger partial charge on any atom is -0.381 e. The van der Waals surface area contributed by atoms with Crippen LogP contribution in [-0.2, 0) is 13.0 Å². The van der Waals surface area contributed by atoms with Crippen LogP contribution in [0.3, 0.4) is 0 Å². The van der Waals surface area contributed by atoms with E-state index in [1.54, 1.807) is 16.9 Å². The molecule has 0 atom stereocenters. The maximum Gasteiger partial charge on any atom is 0.268 e. The van der Waals surface area contributed by atoms with Crippen molar-refractivity contribution in [3.63, 3.8) is 0 Å². The molecule has 1 fully saturated rings. The van der Waals surface area contributed by atoms with E-state index in [0.717, 1.165) is 18.5 Å². The van der Waals surface area contributed by atoms with Crippen LogP contribution < -0.4 is 10.9 Å². The Morgan fingerprint density at radius 2 is 2.05 bits per heavy atom. The maximum absolute atomic E-state index is 11.9. The molecular weight excluding hydrogens is 250 g/mol. The highest BCUT2D eigenvalue weighted by Gasteiger charge is 2.20. The standard InChI is InChI=1S/C16H19N3O/c20-16-11-15(18-14-8-9-14)12-17-19(16)10-4-7-13-5-2-1-3-6-13/h1-3,5-6,11-12,14,18H,4,7-10H2. The molecule has 4 heteroatoms. The fourth-order valence-corrected chi connectivity index (χ4v) is 2.22. The molecule has 0 amide bonds. The van der Waals surface area contributed by atoms with Crippen molar-refractivity contribution in [3.05, 3.63) is 58.5 Å². The van der Waals surface area contributed by atoms with E-state index in [0.29, 0.717) is 12.6 Å². The first kappa shape index (κ1) is 12.9. The Kier molecular flexibility index (Phi) is 3.81. The molecule has 104 valence electrons. The van der Waals surface area contributed by atoms with E-state index in [1.807, 2.05) is 18.2 Å². The van der Waals surface area contributed by atoms with E-state index in [-0.39, 0.29) is 5.56 Å². The van der Waals surface area contributed by atoms with Crippen LogP contribution in [0.2, 0.25) is 0 Å². The molecule has 20 heavy (non-hydrogen) atoms. The second-order valence-electron chi connectivity index (χ2n) is 5.31. The second-order valence-corrected chi connectivity index (χ2v) is 5.31. The van der Waals surface area contributed by atoms with Gasteiger partial charge in [-0.1, -0.05) is 30.3 Å². The number of aryl methyl sites for hydroxylation is 2. The lowest BCUT2D eigenvalue weighted by Crippen LogP contribution is -2.23. The van der Waals surface area contributed by atoms with Gasteiger partial charge in [0.1, 0.15) is 0 Å². The average molecular weight is 269 g/mol. The van der Waals surface area contributed by atoms with Crippen LogP contribution in [-0.4, -0.2) is 15.8 Å². The fraction of sp³-hybridized carbons (Fsp3) is 0.375. The first-order chi connectivity index (χ1) is 9.81. The summed E-state index contributed by atoms with van der Waals surface area (Å²) in [6.45, 7) is 0.664. The van der Waals surface area contributed by atoms with Crippen LogP contribution in [0.25, 0.3) is 0 Å². The van der Waals surface area contributed by atoms with Gasteiger partial charge in [-0.3, -0.25) is 4.79 Å². The first-order valence-corrected chi connectivity index (χ1v) is 7.19. The summed E-state index contributed by atoms with van der Waals surface area (Å²) in [6.07, 6.45) is 6.03. The van der Waals surface area contributed by atoms with Gasteiger partial charge in [0.2, 0.25) is 0 Å². The lowest BCUT2D eigenvalue weighted by Gasteiger charge is -2.07. The Morgan fingerprint density at radius 1 is 1.25 bits per heavy atom. The maximum atomic E-state index is 11.9. The summed E-state index contributed by atoms with van der Waals surface area (Å²) in [5.41, 5.74) is 2.12. The Morgan fingerprint density at radius 3 is 2.75 bits per heavy atom. The SMILES string of the molecule is O=c1cc(NC2CC2)cnn1CCCc1ccccc1. The summed E-state index contributed by atoms with van der Waals surface area (Å²) in [5, 5.41) is 7.52. The van der Waals surface area contributed by atoms with Crippen molar-refractivity contribution in [2.75, 3.05) is 5.32 Å². The van der Waals surface area contributed by atoms with E-state index in [9.17, 15) is 4.79 Å². The molecule has 0 radical (unpaired) electrons. The number of rotatable bonds is 6. The molecule has 1 saturated carbocycles. The predicted molar refractivity (Wildman–Crippen MR) is 79.9 cm³/mol. The zero-order chi connectivity index (χ0) is 13.8. The lowest BCUT2D eigenvalue weighted by molar-refractivity contribution is 0.549. The number of aromatic nitrogens is 2. The highest BCUT2D eigenvalue weighted by molar-refractivity contribution is 5.41. The topological polar surface area (TPSA) is 46.9 Å². The zero-order valence-corrected chi connectivity index (χ0v) is 11.5. The molecular formula is C16H19N3O. The van der Waals surface area contributed by atoms with Crippen molar-refractivity contribution in [1.82, 2.24) is 9.78 Å². The van der Waals surface area contributed by atoms with Gasteiger partial charge in [-0.2, -0.15) is 5.10 Å². The van der Waals surface area contributed by atoms with E-state index >= 15 is 0 Å². The third-order valence-corrected chi connectivity index (χ3v) is 3.50. The van der Waals surface area contributed by atoms with E-state index in [4.69, 9.17) is 0 Å². The Bertz CT molecular complexity index is 617. The normalized spacial score (nSPS) is 14.2. The van der Waals surface area contributed by atoms with E-state index in [1.165, 1.54) is 18.4 Å². The molecule has 0 aliphatic heterocycles. The van der Waals surface area contributed by atoms with Crippen LogP contribution in [0.5, 0.6) is 0 Å². The van der Waals surface area contributed by atoms with Crippen LogP contribution in [0.1, 0.15) is 24.8 Å². The molecule has 1 aliphatic rings. The van der Waals surface area contributed by atoms with Gasteiger partial charge in [0.05, 0.1) is 11.9 Å². The van der Waals surface area contributed by atoms with Gasteiger partial charge >= 0.3 is 0 Å². The molecule has 1 aliphatic carbocycles. The number of benzene rings is 1. The first-order valence-electron chi connectivity index (χ1n) is 7.19. The van der Waals surface area contributed by atoms with Crippen molar-refractivity contribution in [2.24, 2.45) is 0 Å². The molecule has 1 N–H and O–H groups in total. The number of hydrogen-bond acceptors (Lipinski definition) is 3. The molecule has 1 heterocycles. The van der Waals surface area contributed by atoms with Crippen molar-refractivity contribution < 1.29 is 0 Å².